The molecule has 3 nitrogen and oxygen atoms in total. The molecule has 0 unspecified atom stereocenters. The molecule has 2 rings (SSSR count). The van der Waals surface area contributed by atoms with Gasteiger partial charge in [0.05, 0.1) is 17.7 Å². The maximum absolute atomic E-state index is 11.8. The second-order valence-electron chi connectivity index (χ2n) is 3.87. The van der Waals surface area contributed by atoms with Gasteiger partial charge in [0.25, 0.3) is 0 Å². The summed E-state index contributed by atoms with van der Waals surface area (Å²) in [4.78, 5) is 11.8. The van der Waals surface area contributed by atoms with E-state index in [1.165, 1.54) is 0 Å². The molecule has 0 radical (unpaired) electrons. The van der Waals surface area contributed by atoms with Crippen molar-refractivity contribution in [3.8, 4) is 6.07 Å². The van der Waals surface area contributed by atoms with Gasteiger partial charge in [-0.15, -0.1) is 0 Å². The summed E-state index contributed by atoms with van der Waals surface area (Å²) in [5.41, 5.74) is 1.98. The number of nitrogens with zero attached hydrogens (tertiary/aromatic N) is 1. The van der Waals surface area contributed by atoms with Gasteiger partial charge in [-0.1, -0.05) is 42.5 Å². The number of anilines is 1. The molecule has 0 fully saturated rings. The number of benzene rings is 2. The van der Waals surface area contributed by atoms with Crippen molar-refractivity contribution in [1.82, 2.24) is 0 Å². The lowest BCUT2D eigenvalue weighted by Crippen LogP contribution is -2.15. The minimum atomic E-state index is -0.121. The van der Waals surface area contributed by atoms with Gasteiger partial charge < -0.3 is 5.32 Å². The van der Waals surface area contributed by atoms with Crippen molar-refractivity contribution < 1.29 is 4.79 Å². The predicted molar refractivity (Wildman–Crippen MR) is 69.9 cm³/mol. The summed E-state index contributed by atoms with van der Waals surface area (Å²) < 4.78 is 0. The molecule has 0 aromatic heterocycles. The Morgan fingerprint density at radius 3 is 2.44 bits per heavy atom. The molecular formula is C15H12N2O. The second kappa shape index (κ2) is 5.65. The van der Waals surface area contributed by atoms with Crippen LogP contribution in [-0.2, 0) is 11.2 Å². The molecule has 0 saturated carbocycles. The largest absolute Gasteiger partial charge is 0.325 e. The third-order valence-electron chi connectivity index (χ3n) is 2.53. The van der Waals surface area contributed by atoms with Gasteiger partial charge in [-0.3, -0.25) is 4.79 Å². The maximum atomic E-state index is 11.8. The molecule has 0 aliphatic rings. The van der Waals surface area contributed by atoms with Gasteiger partial charge in [0.2, 0.25) is 5.91 Å². The van der Waals surface area contributed by atoms with E-state index in [2.05, 4.69) is 11.4 Å². The van der Waals surface area contributed by atoms with E-state index >= 15 is 0 Å². The summed E-state index contributed by atoms with van der Waals surface area (Å²) in [6.45, 7) is 0. The minimum absolute atomic E-state index is 0.121. The number of carbonyl (C=O) groups is 1. The van der Waals surface area contributed by atoms with E-state index < -0.39 is 0 Å². The van der Waals surface area contributed by atoms with Gasteiger partial charge in [-0.25, -0.2) is 0 Å². The number of hydrogen-bond donors (Lipinski definition) is 1. The third kappa shape index (κ3) is 2.96. The molecule has 2 aromatic rings. The highest BCUT2D eigenvalue weighted by molar-refractivity contribution is 5.93. The van der Waals surface area contributed by atoms with Crippen LogP contribution < -0.4 is 5.32 Å². The Morgan fingerprint density at radius 1 is 1.06 bits per heavy atom. The molecule has 0 spiro atoms. The molecule has 0 aliphatic heterocycles. The summed E-state index contributed by atoms with van der Waals surface area (Å²) >= 11 is 0. The van der Waals surface area contributed by atoms with Crippen LogP contribution in [0.15, 0.2) is 54.6 Å². The van der Waals surface area contributed by atoms with Crippen LogP contribution in [0.4, 0.5) is 5.69 Å². The van der Waals surface area contributed by atoms with Crippen molar-refractivity contribution in [2.75, 3.05) is 5.32 Å². The molecule has 18 heavy (non-hydrogen) atoms. The summed E-state index contributed by atoms with van der Waals surface area (Å²) in [7, 11) is 0. The van der Waals surface area contributed by atoms with Crippen molar-refractivity contribution in [3.05, 3.63) is 65.7 Å². The smallest absolute Gasteiger partial charge is 0.228 e. The Kier molecular flexibility index (Phi) is 3.72. The SMILES string of the molecule is N#Cc1ccccc1NC(=O)Cc1ccccc1. The van der Waals surface area contributed by atoms with Crippen LogP contribution in [0.5, 0.6) is 0 Å². The highest BCUT2D eigenvalue weighted by Crippen LogP contribution is 2.14. The van der Waals surface area contributed by atoms with Crippen LogP contribution in [0.3, 0.4) is 0 Å². The zero-order chi connectivity index (χ0) is 12.8. The van der Waals surface area contributed by atoms with E-state index in [1.54, 1.807) is 24.3 Å². The molecular weight excluding hydrogens is 224 g/mol. The third-order valence-corrected chi connectivity index (χ3v) is 2.53. The van der Waals surface area contributed by atoms with E-state index in [4.69, 9.17) is 5.26 Å². The Balaban J connectivity index is 2.06. The number of para-hydroxylation sites is 1. The van der Waals surface area contributed by atoms with Crippen LogP contribution in [0, 0.1) is 11.3 Å². The van der Waals surface area contributed by atoms with Crippen molar-refractivity contribution in [3.63, 3.8) is 0 Å². The summed E-state index contributed by atoms with van der Waals surface area (Å²) in [6, 6.07) is 18.5. The Labute approximate surface area is 106 Å². The number of hydrogen-bond acceptors (Lipinski definition) is 2. The fourth-order valence-corrected chi connectivity index (χ4v) is 1.67. The van der Waals surface area contributed by atoms with E-state index in [-0.39, 0.29) is 5.91 Å². The van der Waals surface area contributed by atoms with Gasteiger partial charge in [-0.2, -0.15) is 5.26 Å². The van der Waals surface area contributed by atoms with Gasteiger partial charge in [-0.05, 0) is 17.7 Å². The first-order valence-electron chi connectivity index (χ1n) is 5.62. The van der Waals surface area contributed by atoms with E-state index in [0.29, 0.717) is 17.7 Å². The molecule has 1 N–H and O–H groups in total. The zero-order valence-corrected chi connectivity index (χ0v) is 9.76. The van der Waals surface area contributed by atoms with Crippen LogP contribution in [0.25, 0.3) is 0 Å². The topological polar surface area (TPSA) is 52.9 Å². The second-order valence-corrected chi connectivity index (χ2v) is 3.87. The van der Waals surface area contributed by atoms with E-state index in [9.17, 15) is 4.79 Å². The number of rotatable bonds is 3. The van der Waals surface area contributed by atoms with Crippen LogP contribution in [0.2, 0.25) is 0 Å². The molecule has 1 amide bonds. The van der Waals surface area contributed by atoms with Crippen LogP contribution >= 0.6 is 0 Å². The van der Waals surface area contributed by atoms with Crippen molar-refractivity contribution in [1.29, 1.82) is 5.26 Å². The maximum Gasteiger partial charge on any atom is 0.228 e. The lowest BCUT2D eigenvalue weighted by atomic mass is 10.1. The number of nitrogens with one attached hydrogen (secondary N) is 1. The van der Waals surface area contributed by atoms with Crippen molar-refractivity contribution >= 4 is 11.6 Å². The molecule has 0 bridgehead atoms. The molecule has 3 heteroatoms. The fraction of sp³-hybridized carbons (Fsp3) is 0.0667. The molecule has 0 heterocycles. The fourth-order valence-electron chi connectivity index (χ4n) is 1.67. The normalized spacial score (nSPS) is 9.50. The number of carbonyl (C=O) groups excluding carboxylic acids is 1. The lowest BCUT2D eigenvalue weighted by Gasteiger charge is -2.06. The standard InChI is InChI=1S/C15H12N2O/c16-11-13-8-4-5-9-14(13)17-15(18)10-12-6-2-1-3-7-12/h1-9H,10H2,(H,17,18). The van der Waals surface area contributed by atoms with Gasteiger partial charge in [0.15, 0.2) is 0 Å². The first kappa shape index (κ1) is 11.9. The lowest BCUT2D eigenvalue weighted by molar-refractivity contribution is -0.115. The van der Waals surface area contributed by atoms with Crippen molar-refractivity contribution in [2.45, 2.75) is 6.42 Å². The molecule has 0 saturated heterocycles. The molecule has 2 aromatic carbocycles. The average Bonchev–Trinajstić information content (AvgIpc) is 2.40. The van der Waals surface area contributed by atoms with Gasteiger partial charge in [0, 0.05) is 0 Å². The Hall–Kier alpha value is -2.60. The van der Waals surface area contributed by atoms with Crippen molar-refractivity contribution in [2.24, 2.45) is 0 Å². The molecule has 0 aliphatic carbocycles. The first-order valence-corrected chi connectivity index (χ1v) is 5.62. The Bertz CT molecular complexity index is 585. The first-order chi connectivity index (χ1) is 8.79. The quantitative estimate of drug-likeness (QED) is 0.890. The van der Waals surface area contributed by atoms with E-state index in [0.717, 1.165) is 5.56 Å². The van der Waals surface area contributed by atoms with Crippen LogP contribution in [-0.4, -0.2) is 5.91 Å². The Morgan fingerprint density at radius 2 is 1.72 bits per heavy atom. The number of nitriles is 1. The summed E-state index contributed by atoms with van der Waals surface area (Å²) in [6.07, 6.45) is 0.306. The number of amides is 1. The average molecular weight is 236 g/mol. The highest BCUT2D eigenvalue weighted by atomic mass is 16.1. The van der Waals surface area contributed by atoms with Gasteiger partial charge in [0.1, 0.15) is 6.07 Å². The molecule has 88 valence electrons. The summed E-state index contributed by atoms with van der Waals surface area (Å²) in [5, 5.41) is 11.7. The summed E-state index contributed by atoms with van der Waals surface area (Å²) in [5.74, 6) is -0.121. The van der Waals surface area contributed by atoms with Crippen LogP contribution in [0.1, 0.15) is 11.1 Å². The van der Waals surface area contributed by atoms with E-state index in [1.807, 2.05) is 30.3 Å². The highest BCUT2D eigenvalue weighted by Gasteiger charge is 2.06. The monoisotopic (exact) mass is 236 g/mol. The molecule has 0 atom stereocenters. The predicted octanol–water partition coefficient (Wildman–Crippen LogP) is 2.74. The van der Waals surface area contributed by atoms with Gasteiger partial charge >= 0.3 is 0 Å². The zero-order valence-electron chi connectivity index (χ0n) is 9.76. The minimum Gasteiger partial charge on any atom is -0.325 e.